The Morgan fingerprint density at radius 3 is 2.62 bits per heavy atom. The molecule has 2 aromatic rings. The summed E-state index contributed by atoms with van der Waals surface area (Å²) in [5, 5.41) is 0. The summed E-state index contributed by atoms with van der Waals surface area (Å²) < 4.78 is 0.757. The molecule has 0 bridgehead atoms. The maximum atomic E-state index is 12.7. The Morgan fingerprint density at radius 2 is 2.00 bits per heavy atom. The SMILES string of the molecule is Nc1ccc(C(=O)N(Cc2ccncc2)C2CC2)cc1Br. The standard InChI is InChI=1S/C16H16BrN3O/c17-14-9-12(1-4-15(14)18)16(21)20(13-2-3-13)10-11-5-7-19-8-6-11/h1,4-9,13H,2-3,10,18H2. The molecule has 0 saturated heterocycles. The normalized spacial score (nSPS) is 14.0. The number of hydrogen-bond acceptors (Lipinski definition) is 3. The first-order valence-corrected chi connectivity index (χ1v) is 7.69. The van der Waals surface area contributed by atoms with E-state index < -0.39 is 0 Å². The van der Waals surface area contributed by atoms with Crippen molar-refractivity contribution >= 4 is 27.5 Å². The number of benzene rings is 1. The van der Waals surface area contributed by atoms with Crippen LogP contribution in [-0.4, -0.2) is 21.8 Å². The predicted molar refractivity (Wildman–Crippen MR) is 85.7 cm³/mol. The predicted octanol–water partition coefficient (Wildman–Crippen LogP) is 3.23. The Morgan fingerprint density at radius 1 is 1.29 bits per heavy atom. The van der Waals surface area contributed by atoms with Gasteiger partial charge in [0.1, 0.15) is 0 Å². The van der Waals surface area contributed by atoms with Crippen molar-refractivity contribution in [3.8, 4) is 0 Å². The Bertz CT molecular complexity index is 656. The van der Waals surface area contributed by atoms with Crippen molar-refractivity contribution in [2.45, 2.75) is 25.4 Å². The van der Waals surface area contributed by atoms with Crippen LogP contribution in [0.25, 0.3) is 0 Å². The van der Waals surface area contributed by atoms with Crippen molar-refractivity contribution in [2.24, 2.45) is 0 Å². The number of rotatable bonds is 4. The lowest BCUT2D eigenvalue weighted by atomic mass is 10.1. The highest BCUT2D eigenvalue weighted by molar-refractivity contribution is 9.10. The van der Waals surface area contributed by atoms with Gasteiger partial charge in [0.05, 0.1) is 0 Å². The molecule has 0 unspecified atom stereocenters. The van der Waals surface area contributed by atoms with Crippen LogP contribution in [0.2, 0.25) is 0 Å². The zero-order chi connectivity index (χ0) is 14.8. The second-order valence-electron chi connectivity index (χ2n) is 5.26. The number of halogens is 1. The van der Waals surface area contributed by atoms with Crippen LogP contribution >= 0.6 is 15.9 Å². The number of amides is 1. The molecule has 1 heterocycles. The first kappa shape index (κ1) is 14.1. The molecule has 1 aromatic heterocycles. The molecule has 0 aliphatic heterocycles. The van der Waals surface area contributed by atoms with E-state index in [0.29, 0.717) is 23.8 Å². The number of hydrogen-bond donors (Lipinski definition) is 1. The monoisotopic (exact) mass is 345 g/mol. The van der Waals surface area contributed by atoms with Crippen molar-refractivity contribution in [2.75, 3.05) is 5.73 Å². The van der Waals surface area contributed by atoms with Gasteiger partial charge in [0.25, 0.3) is 5.91 Å². The van der Waals surface area contributed by atoms with Gasteiger partial charge >= 0.3 is 0 Å². The quantitative estimate of drug-likeness (QED) is 0.865. The molecule has 1 aliphatic rings. The van der Waals surface area contributed by atoms with E-state index in [-0.39, 0.29) is 5.91 Å². The summed E-state index contributed by atoms with van der Waals surface area (Å²) in [6, 6.07) is 9.57. The first-order chi connectivity index (χ1) is 10.1. The van der Waals surface area contributed by atoms with E-state index in [2.05, 4.69) is 20.9 Å². The van der Waals surface area contributed by atoms with Gasteiger partial charge in [-0.1, -0.05) is 0 Å². The fourth-order valence-corrected chi connectivity index (χ4v) is 2.64. The third-order valence-corrected chi connectivity index (χ3v) is 4.28. The van der Waals surface area contributed by atoms with Crippen molar-refractivity contribution in [3.63, 3.8) is 0 Å². The molecule has 0 radical (unpaired) electrons. The Balaban J connectivity index is 1.83. The number of nitrogens with zero attached hydrogens (tertiary/aromatic N) is 2. The van der Waals surface area contributed by atoms with E-state index >= 15 is 0 Å². The van der Waals surface area contributed by atoms with E-state index in [1.165, 1.54) is 0 Å². The van der Waals surface area contributed by atoms with Crippen LogP contribution in [0, 0.1) is 0 Å². The average Bonchev–Trinajstić information content (AvgIpc) is 3.33. The summed E-state index contributed by atoms with van der Waals surface area (Å²) >= 11 is 3.38. The second kappa shape index (κ2) is 5.85. The Hall–Kier alpha value is -1.88. The van der Waals surface area contributed by atoms with Crippen molar-refractivity contribution < 1.29 is 4.79 Å². The van der Waals surface area contributed by atoms with Gasteiger partial charge in [0.15, 0.2) is 0 Å². The minimum atomic E-state index is 0.0509. The minimum Gasteiger partial charge on any atom is -0.398 e. The Kier molecular flexibility index (Phi) is 3.92. The molecule has 0 atom stereocenters. The van der Waals surface area contributed by atoms with Crippen LogP contribution in [0.1, 0.15) is 28.8 Å². The molecular formula is C16H16BrN3O. The van der Waals surface area contributed by atoms with Gasteiger partial charge in [-0.25, -0.2) is 0 Å². The van der Waals surface area contributed by atoms with E-state index in [4.69, 9.17) is 5.73 Å². The molecule has 1 fully saturated rings. The van der Waals surface area contributed by atoms with Gasteiger partial charge in [-0.2, -0.15) is 0 Å². The lowest BCUT2D eigenvalue weighted by molar-refractivity contribution is 0.0730. The van der Waals surface area contributed by atoms with E-state index in [1.54, 1.807) is 30.6 Å². The van der Waals surface area contributed by atoms with Gasteiger partial charge < -0.3 is 10.6 Å². The average molecular weight is 346 g/mol. The molecule has 5 heteroatoms. The van der Waals surface area contributed by atoms with Crippen molar-refractivity contribution in [3.05, 3.63) is 58.3 Å². The molecule has 0 spiro atoms. The number of nitrogen functional groups attached to an aromatic ring is 1. The number of pyridine rings is 1. The molecule has 3 rings (SSSR count). The lowest BCUT2D eigenvalue weighted by Gasteiger charge is -2.23. The van der Waals surface area contributed by atoms with E-state index in [0.717, 1.165) is 22.9 Å². The van der Waals surface area contributed by atoms with Gasteiger partial charge in [-0.15, -0.1) is 0 Å². The van der Waals surface area contributed by atoms with E-state index in [1.807, 2.05) is 17.0 Å². The third-order valence-electron chi connectivity index (χ3n) is 3.60. The largest absolute Gasteiger partial charge is 0.398 e. The fourth-order valence-electron chi connectivity index (χ4n) is 2.26. The second-order valence-corrected chi connectivity index (χ2v) is 6.11. The van der Waals surface area contributed by atoms with Crippen LogP contribution in [-0.2, 0) is 6.54 Å². The summed E-state index contributed by atoms with van der Waals surface area (Å²) in [5.41, 5.74) is 8.18. The maximum Gasteiger partial charge on any atom is 0.254 e. The number of anilines is 1. The number of aromatic nitrogens is 1. The van der Waals surface area contributed by atoms with Crippen LogP contribution in [0.3, 0.4) is 0 Å². The van der Waals surface area contributed by atoms with Gasteiger partial charge in [-0.05, 0) is 64.7 Å². The Labute approximate surface area is 132 Å². The van der Waals surface area contributed by atoms with Crippen LogP contribution in [0.15, 0.2) is 47.2 Å². The molecule has 4 nitrogen and oxygen atoms in total. The fraction of sp³-hybridized carbons (Fsp3) is 0.250. The molecular weight excluding hydrogens is 330 g/mol. The topological polar surface area (TPSA) is 59.2 Å². The van der Waals surface area contributed by atoms with Gasteiger partial charge in [0, 0.05) is 40.7 Å². The highest BCUT2D eigenvalue weighted by Gasteiger charge is 2.33. The summed E-state index contributed by atoms with van der Waals surface area (Å²) in [6.45, 7) is 0.619. The van der Waals surface area contributed by atoms with E-state index in [9.17, 15) is 4.79 Å². The van der Waals surface area contributed by atoms with Crippen LogP contribution < -0.4 is 5.73 Å². The molecule has 21 heavy (non-hydrogen) atoms. The van der Waals surface area contributed by atoms with Crippen molar-refractivity contribution in [1.82, 2.24) is 9.88 Å². The number of nitrogens with two attached hydrogens (primary N) is 1. The number of carbonyl (C=O) groups is 1. The third kappa shape index (κ3) is 3.24. The smallest absolute Gasteiger partial charge is 0.254 e. The van der Waals surface area contributed by atoms with Crippen LogP contribution in [0.4, 0.5) is 5.69 Å². The zero-order valence-electron chi connectivity index (χ0n) is 11.5. The summed E-state index contributed by atoms with van der Waals surface area (Å²) in [5.74, 6) is 0.0509. The molecule has 1 aromatic carbocycles. The van der Waals surface area contributed by atoms with Crippen LogP contribution in [0.5, 0.6) is 0 Å². The molecule has 1 aliphatic carbocycles. The molecule has 1 amide bonds. The molecule has 108 valence electrons. The maximum absolute atomic E-state index is 12.7. The zero-order valence-corrected chi connectivity index (χ0v) is 13.1. The highest BCUT2D eigenvalue weighted by atomic mass is 79.9. The summed E-state index contributed by atoms with van der Waals surface area (Å²) in [7, 11) is 0. The molecule has 2 N–H and O–H groups in total. The molecule has 1 saturated carbocycles. The first-order valence-electron chi connectivity index (χ1n) is 6.90. The van der Waals surface area contributed by atoms with Crippen molar-refractivity contribution in [1.29, 1.82) is 0 Å². The van der Waals surface area contributed by atoms with Gasteiger partial charge in [-0.3, -0.25) is 9.78 Å². The summed E-state index contributed by atoms with van der Waals surface area (Å²) in [6.07, 6.45) is 5.66. The highest BCUT2D eigenvalue weighted by Crippen LogP contribution is 2.30. The minimum absolute atomic E-state index is 0.0509. The lowest BCUT2D eigenvalue weighted by Crippen LogP contribution is -2.32. The van der Waals surface area contributed by atoms with Gasteiger partial charge in [0.2, 0.25) is 0 Å². The summed E-state index contributed by atoms with van der Waals surface area (Å²) in [4.78, 5) is 18.7. The number of carbonyl (C=O) groups excluding carboxylic acids is 1.